The number of carbonyl (C=O) groups excluding carboxylic acids is 1. The fourth-order valence-corrected chi connectivity index (χ4v) is 1.24. The molecule has 0 aromatic heterocycles. The summed E-state index contributed by atoms with van der Waals surface area (Å²) in [7, 11) is 1.40. The van der Waals surface area contributed by atoms with Crippen molar-refractivity contribution in [1.29, 1.82) is 0 Å². The topological polar surface area (TPSA) is 29.5 Å². The van der Waals surface area contributed by atoms with Gasteiger partial charge in [-0.1, -0.05) is 6.92 Å². The fraction of sp³-hybridized carbons (Fsp3) is 0.700. The third-order valence-corrected chi connectivity index (χ3v) is 2.02. The lowest BCUT2D eigenvalue weighted by atomic mass is 10.2. The van der Waals surface area contributed by atoms with Gasteiger partial charge in [-0.15, -0.1) is 0 Å². The van der Waals surface area contributed by atoms with Crippen molar-refractivity contribution in [2.75, 3.05) is 20.2 Å². The molecule has 0 bridgehead atoms. The van der Waals surface area contributed by atoms with Crippen LogP contribution >= 0.6 is 0 Å². The lowest BCUT2D eigenvalue weighted by Gasteiger charge is -2.23. The van der Waals surface area contributed by atoms with Crippen LogP contribution in [0.1, 0.15) is 27.2 Å². The maximum Gasteiger partial charge on any atom is 0.332 e. The van der Waals surface area contributed by atoms with Gasteiger partial charge in [0.05, 0.1) is 7.11 Å². The Balaban J connectivity index is 4.46. The van der Waals surface area contributed by atoms with Gasteiger partial charge in [0.1, 0.15) is 0 Å². The van der Waals surface area contributed by atoms with Gasteiger partial charge in [-0.25, -0.2) is 4.79 Å². The third kappa shape index (κ3) is 3.97. The van der Waals surface area contributed by atoms with Crippen LogP contribution in [-0.4, -0.2) is 31.1 Å². The van der Waals surface area contributed by atoms with E-state index in [1.165, 1.54) is 7.11 Å². The van der Waals surface area contributed by atoms with E-state index < -0.39 is 0 Å². The summed E-state index contributed by atoms with van der Waals surface area (Å²) in [5.41, 5.74) is 1.04. The summed E-state index contributed by atoms with van der Waals surface area (Å²) in [5, 5.41) is 0. The third-order valence-electron chi connectivity index (χ3n) is 2.02. The van der Waals surface area contributed by atoms with Crippen LogP contribution in [0, 0.1) is 0 Å². The molecule has 0 spiro atoms. The summed E-state index contributed by atoms with van der Waals surface area (Å²) < 4.78 is 4.58. The maximum absolute atomic E-state index is 11.0. The molecule has 0 unspecified atom stereocenters. The molecule has 0 saturated heterocycles. The summed E-state index contributed by atoms with van der Waals surface area (Å²) >= 11 is 0. The number of esters is 1. The first-order valence-corrected chi connectivity index (χ1v) is 4.72. The smallest absolute Gasteiger partial charge is 0.332 e. The van der Waals surface area contributed by atoms with Crippen molar-refractivity contribution in [3.05, 3.63) is 11.8 Å². The van der Waals surface area contributed by atoms with E-state index in [1.54, 1.807) is 6.08 Å². The van der Waals surface area contributed by atoms with Crippen LogP contribution in [0.15, 0.2) is 11.8 Å². The number of ether oxygens (including phenoxy) is 1. The van der Waals surface area contributed by atoms with Gasteiger partial charge in [0.2, 0.25) is 0 Å². The van der Waals surface area contributed by atoms with Crippen molar-refractivity contribution in [2.24, 2.45) is 0 Å². The maximum atomic E-state index is 11.0. The van der Waals surface area contributed by atoms with Gasteiger partial charge >= 0.3 is 5.97 Å². The Labute approximate surface area is 80.4 Å². The van der Waals surface area contributed by atoms with Crippen molar-refractivity contribution >= 4 is 5.97 Å². The molecule has 0 heterocycles. The van der Waals surface area contributed by atoms with Crippen molar-refractivity contribution in [1.82, 2.24) is 4.90 Å². The predicted molar refractivity (Wildman–Crippen MR) is 53.3 cm³/mol. The van der Waals surface area contributed by atoms with Crippen molar-refractivity contribution in [2.45, 2.75) is 27.2 Å². The normalized spacial score (nSPS) is 11.2. The van der Waals surface area contributed by atoms with Crippen LogP contribution in [0.3, 0.4) is 0 Å². The molecule has 13 heavy (non-hydrogen) atoms. The van der Waals surface area contributed by atoms with Gasteiger partial charge in [0.15, 0.2) is 0 Å². The van der Waals surface area contributed by atoms with E-state index in [1.807, 2.05) is 6.92 Å². The second kappa shape index (κ2) is 6.52. The molecule has 0 aromatic rings. The minimum atomic E-state index is -0.274. The molecule has 0 aromatic carbocycles. The van der Waals surface area contributed by atoms with E-state index in [9.17, 15) is 4.79 Å². The first-order valence-electron chi connectivity index (χ1n) is 4.72. The highest BCUT2D eigenvalue weighted by Crippen LogP contribution is 2.07. The van der Waals surface area contributed by atoms with Crippen molar-refractivity contribution in [3.63, 3.8) is 0 Å². The molecule has 0 fully saturated rings. The highest BCUT2D eigenvalue weighted by Gasteiger charge is 2.05. The molecule has 3 nitrogen and oxygen atoms in total. The molecule has 0 amide bonds. The average Bonchev–Trinajstić information content (AvgIpc) is 2.17. The Kier molecular flexibility index (Phi) is 6.02. The SMILES string of the molecule is CCC(=CC(=O)OC)N(CC)CC. The zero-order valence-corrected chi connectivity index (χ0v) is 8.96. The molecule has 3 heteroatoms. The quantitative estimate of drug-likeness (QED) is 0.483. The monoisotopic (exact) mass is 185 g/mol. The summed E-state index contributed by atoms with van der Waals surface area (Å²) in [4.78, 5) is 13.1. The van der Waals surface area contributed by atoms with Gasteiger partial charge in [0, 0.05) is 24.9 Å². The van der Waals surface area contributed by atoms with E-state index >= 15 is 0 Å². The van der Waals surface area contributed by atoms with E-state index in [4.69, 9.17) is 0 Å². The molecule has 0 aliphatic carbocycles. The number of hydrogen-bond acceptors (Lipinski definition) is 3. The minimum Gasteiger partial charge on any atom is -0.466 e. The fourth-order valence-electron chi connectivity index (χ4n) is 1.24. The van der Waals surface area contributed by atoms with Gasteiger partial charge < -0.3 is 9.64 Å². The summed E-state index contributed by atoms with van der Waals surface area (Å²) in [6, 6.07) is 0. The number of rotatable bonds is 5. The first-order chi connectivity index (χ1) is 6.19. The zero-order chi connectivity index (χ0) is 10.3. The molecule has 76 valence electrons. The summed E-state index contributed by atoms with van der Waals surface area (Å²) in [6.45, 7) is 8.03. The van der Waals surface area contributed by atoms with Crippen LogP contribution in [0.5, 0.6) is 0 Å². The number of methoxy groups -OCH3 is 1. The van der Waals surface area contributed by atoms with E-state index in [0.29, 0.717) is 0 Å². The zero-order valence-electron chi connectivity index (χ0n) is 8.96. The molecule has 0 atom stereocenters. The van der Waals surface area contributed by atoms with Gasteiger partial charge in [-0.05, 0) is 20.3 Å². The van der Waals surface area contributed by atoms with Crippen LogP contribution in [0.4, 0.5) is 0 Å². The van der Waals surface area contributed by atoms with Crippen LogP contribution in [0.2, 0.25) is 0 Å². The molecule has 0 aliphatic rings. The molecule has 0 saturated carbocycles. The van der Waals surface area contributed by atoms with E-state index in [2.05, 4.69) is 23.5 Å². The van der Waals surface area contributed by atoms with E-state index in [-0.39, 0.29) is 5.97 Å². The van der Waals surface area contributed by atoms with Crippen LogP contribution < -0.4 is 0 Å². The molecule has 0 aliphatic heterocycles. The highest BCUT2D eigenvalue weighted by molar-refractivity contribution is 5.82. The van der Waals surface area contributed by atoms with Crippen LogP contribution in [-0.2, 0) is 9.53 Å². The Hall–Kier alpha value is -0.990. The van der Waals surface area contributed by atoms with Crippen molar-refractivity contribution in [3.8, 4) is 0 Å². The van der Waals surface area contributed by atoms with Gasteiger partial charge in [-0.3, -0.25) is 0 Å². The number of carbonyl (C=O) groups is 1. The lowest BCUT2D eigenvalue weighted by Crippen LogP contribution is -2.22. The Bertz CT molecular complexity index is 183. The first kappa shape index (κ1) is 12.0. The highest BCUT2D eigenvalue weighted by atomic mass is 16.5. The predicted octanol–water partition coefficient (Wildman–Crippen LogP) is 1.80. The molecule has 0 rings (SSSR count). The van der Waals surface area contributed by atoms with Crippen LogP contribution in [0.25, 0.3) is 0 Å². The van der Waals surface area contributed by atoms with Gasteiger partial charge in [0.25, 0.3) is 0 Å². The van der Waals surface area contributed by atoms with E-state index in [0.717, 1.165) is 25.2 Å². The molecular weight excluding hydrogens is 166 g/mol. The minimum absolute atomic E-state index is 0.274. The Morgan fingerprint density at radius 1 is 1.31 bits per heavy atom. The summed E-state index contributed by atoms with van der Waals surface area (Å²) in [6.07, 6.45) is 2.42. The molecular formula is C10H19NO2. The molecule has 0 N–H and O–H groups in total. The standard InChI is InChI=1S/C10H19NO2/c1-5-9(8-10(12)13-4)11(6-2)7-3/h8H,5-7H2,1-4H3. The second-order valence-electron chi connectivity index (χ2n) is 2.68. The van der Waals surface area contributed by atoms with Gasteiger partial charge in [-0.2, -0.15) is 0 Å². The molecule has 0 radical (unpaired) electrons. The van der Waals surface area contributed by atoms with Crippen molar-refractivity contribution < 1.29 is 9.53 Å². The number of hydrogen-bond donors (Lipinski definition) is 0. The Morgan fingerprint density at radius 2 is 1.85 bits per heavy atom. The Morgan fingerprint density at radius 3 is 2.15 bits per heavy atom. The summed E-state index contributed by atoms with van der Waals surface area (Å²) in [5.74, 6) is -0.274. The largest absolute Gasteiger partial charge is 0.466 e. The average molecular weight is 185 g/mol. The number of nitrogens with zero attached hydrogens (tertiary/aromatic N) is 1. The lowest BCUT2D eigenvalue weighted by molar-refractivity contribution is -0.135. The number of allylic oxidation sites excluding steroid dienone is 1. The second-order valence-corrected chi connectivity index (χ2v) is 2.68.